The molecule has 0 aromatic heterocycles. The fourth-order valence-electron chi connectivity index (χ4n) is 3.50. The highest BCUT2D eigenvalue weighted by molar-refractivity contribution is 5.75. The molecule has 2 amide bonds. The predicted molar refractivity (Wildman–Crippen MR) is 113 cm³/mol. The molecule has 2 aromatic carbocycles. The Morgan fingerprint density at radius 2 is 1.10 bits per heavy atom. The lowest BCUT2D eigenvalue weighted by molar-refractivity contribution is 0.235. The Hall–Kier alpha value is -3.09. The van der Waals surface area contributed by atoms with Gasteiger partial charge in [-0.05, 0) is 49.2 Å². The van der Waals surface area contributed by atoms with E-state index >= 15 is 0 Å². The predicted octanol–water partition coefficient (Wildman–Crippen LogP) is 4.13. The second-order valence-electron chi connectivity index (χ2n) is 7.57. The average molecular weight is 412 g/mol. The summed E-state index contributed by atoms with van der Waals surface area (Å²) < 4.78 is 22.8. The summed E-state index contributed by atoms with van der Waals surface area (Å²) in [6.07, 6.45) is 1.72. The van der Waals surface area contributed by atoms with Gasteiger partial charge in [-0.15, -0.1) is 0 Å². The molecule has 0 unspecified atom stereocenters. The fourth-order valence-corrected chi connectivity index (χ4v) is 3.50. The van der Waals surface area contributed by atoms with E-state index in [9.17, 15) is 4.79 Å². The maximum atomic E-state index is 12.6. The van der Waals surface area contributed by atoms with Gasteiger partial charge >= 0.3 is 6.03 Å². The minimum atomic E-state index is -0.241. The molecule has 2 N–H and O–H groups in total. The van der Waals surface area contributed by atoms with Gasteiger partial charge in [0.15, 0.2) is 23.0 Å². The van der Waals surface area contributed by atoms with Crippen LogP contribution in [0.25, 0.3) is 0 Å². The molecular weight excluding hydrogens is 384 g/mol. The van der Waals surface area contributed by atoms with Crippen LogP contribution in [0.4, 0.5) is 4.79 Å². The van der Waals surface area contributed by atoms with Gasteiger partial charge in [-0.2, -0.15) is 0 Å². The number of urea groups is 1. The third-order valence-corrected chi connectivity index (χ3v) is 5.24. The van der Waals surface area contributed by atoms with Gasteiger partial charge in [0.25, 0.3) is 0 Å². The molecule has 0 fully saturated rings. The van der Waals surface area contributed by atoms with Crippen molar-refractivity contribution in [3.8, 4) is 23.0 Å². The fraction of sp³-hybridized carbons (Fsp3) is 0.435. The molecular formula is C23H28N2O5. The van der Waals surface area contributed by atoms with Crippen LogP contribution in [0, 0.1) is 0 Å². The SMILES string of the molecule is C[C@@H](NC(=O)N[C@H](C)c1ccc2c(c1)OCCCO2)c1ccc2c(c1)OCCCO2. The van der Waals surface area contributed by atoms with E-state index in [1.165, 1.54) is 0 Å². The molecule has 7 nitrogen and oxygen atoms in total. The molecule has 0 spiro atoms. The molecule has 4 rings (SSSR count). The number of amides is 2. The van der Waals surface area contributed by atoms with Crippen LogP contribution in [0.3, 0.4) is 0 Å². The highest BCUT2D eigenvalue weighted by atomic mass is 16.5. The number of hydrogen-bond acceptors (Lipinski definition) is 5. The highest BCUT2D eigenvalue weighted by Gasteiger charge is 2.18. The van der Waals surface area contributed by atoms with Gasteiger partial charge in [0.2, 0.25) is 0 Å². The summed E-state index contributed by atoms with van der Waals surface area (Å²) >= 11 is 0. The van der Waals surface area contributed by atoms with Crippen LogP contribution in [-0.4, -0.2) is 32.5 Å². The Labute approximate surface area is 176 Å². The van der Waals surface area contributed by atoms with Crippen LogP contribution in [0.2, 0.25) is 0 Å². The monoisotopic (exact) mass is 412 g/mol. The van der Waals surface area contributed by atoms with Crippen LogP contribution in [0.15, 0.2) is 36.4 Å². The number of fused-ring (bicyclic) bond motifs is 2. The molecule has 0 bridgehead atoms. The van der Waals surface area contributed by atoms with Gasteiger partial charge < -0.3 is 29.6 Å². The molecule has 2 aliphatic heterocycles. The summed E-state index contributed by atoms with van der Waals surface area (Å²) in [7, 11) is 0. The van der Waals surface area contributed by atoms with Crippen LogP contribution in [0.1, 0.15) is 49.9 Å². The number of rotatable bonds is 4. The lowest BCUT2D eigenvalue weighted by Gasteiger charge is -2.20. The van der Waals surface area contributed by atoms with E-state index in [-0.39, 0.29) is 18.1 Å². The zero-order chi connectivity index (χ0) is 20.9. The largest absolute Gasteiger partial charge is 0.490 e. The van der Waals surface area contributed by atoms with Crippen molar-refractivity contribution < 1.29 is 23.7 Å². The lowest BCUT2D eigenvalue weighted by atomic mass is 10.1. The number of benzene rings is 2. The van der Waals surface area contributed by atoms with E-state index < -0.39 is 0 Å². The van der Waals surface area contributed by atoms with Crippen molar-refractivity contribution in [1.82, 2.24) is 10.6 Å². The summed E-state index contributed by atoms with van der Waals surface area (Å²) in [5.74, 6) is 2.94. The summed E-state index contributed by atoms with van der Waals surface area (Å²) in [5.41, 5.74) is 1.91. The Morgan fingerprint density at radius 3 is 1.53 bits per heavy atom. The topological polar surface area (TPSA) is 78.1 Å². The van der Waals surface area contributed by atoms with Crippen LogP contribution < -0.4 is 29.6 Å². The average Bonchev–Trinajstić information content (AvgIpc) is 3.12. The molecule has 0 saturated carbocycles. The van der Waals surface area contributed by atoms with Gasteiger partial charge in [-0.3, -0.25) is 0 Å². The minimum absolute atomic E-state index is 0.182. The van der Waals surface area contributed by atoms with Crippen LogP contribution >= 0.6 is 0 Å². The van der Waals surface area contributed by atoms with Gasteiger partial charge in [-0.1, -0.05) is 12.1 Å². The normalized spacial score (nSPS) is 17.1. The molecule has 2 aliphatic rings. The van der Waals surface area contributed by atoms with E-state index in [1.54, 1.807) is 0 Å². The molecule has 2 aromatic rings. The molecule has 0 radical (unpaired) electrons. The van der Waals surface area contributed by atoms with Crippen molar-refractivity contribution in [2.45, 2.75) is 38.8 Å². The third-order valence-electron chi connectivity index (χ3n) is 5.24. The van der Waals surface area contributed by atoms with Gasteiger partial charge in [0, 0.05) is 12.8 Å². The number of carbonyl (C=O) groups excluding carboxylic acids is 1. The Bertz CT molecular complexity index is 830. The molecule has 2 atom stereocenters. The molecule has 160 valence electrons. The molecule has 0 saturated heterocycles. The first-order valence-corrected chi connectivity index (χ1v) is 10.5. The zero-order valence-electron chi connectivity index (χ0n) is 17.4. The first kappa shape index (κ1) is 20.2. The standard InChI is InChI=1S/C23H28N2O5/c1-15(17-5-7-19-21(13-17)29-11-3-9-27-19)24-23(26)25-16(2)18-6-8-20-22(14-18)30-12-4-10-28-20/h5-8,13-16H,3-4,9-12H2,1-2H3,(H2,24,25,26)/t15-,16-/m1/s1. The van der Waals surface area contributed by atoms with Gasteiger partial charge in [0.05, 0.1) is 38.5 Å². The molecule has 30 heavy (non-hydrogen) atoms. The quantitative estimate of drug-likeness (QED) is 0.790. The van der Waals surface area contributed by atoms with E-state index in [1.807, 2.05) is 50.2 Å². The number of nitrogens with one attached hydrogen (secondary N) is 2. The summed E-state index contributed by atoms with van der Waals surface area (Å²) in [4.78, 5) is 12.6. The van der Waals surface area contributed by atoms with Crippen molar-refractivity contribution in [3.05, 3.63) is 47.5 Å². The first-order valence-electron chi connectivity index (χ1n) is 10.5. The second-order valence-corrected chi connectivity index (χ2v) is 7.57. The molecule has 0 aliphatic carbocycles. The summed E-state index contributed by atoms with van der Waals surface area (Å²) in [5, 5.41) is 5.98. The molecule has 2 heterocycles. The maximum Gasteiger partial charge on any atom is 0.315 e. The van der Waals surface area contributed by atoms with Gasteiger partial charge in [0.1, 0.15) is 0 Å². The second kappa shape index (κ2) is 9.15. The molecule has 7 heteroatoms. The number of ether oxygens (including phenoxy) is 4. The Balaban J connectivity index is 1.37. The van der Waals surface area contributed by atoms with Crippen molar-refractivity contribution in [2.75, 3.05) is 26.4 Å². The van der Waals surface area contributed by atoms with Crippen LogP contribution in [-0.2, 0) is 0 Å². The van der Waals surface area contributed by atoms with Crippen molar-refractivity contribution in [2.24, 2.45) is 0 Å². The van der Waals surface area contributed by atoms with Gasteiger partial charge in [-0.25, -0.2) is 4.79 Å². The van der Waals surface area contributed by atoms with E-state index in [0.29, 0.717) is 26.4 Å². The smallest absolute Gasteiger partial charge is 0.315 e. The van der Waals surface area contributed by atoms with Crippen molar-refractivity contribution >= 4 is 6.03 Å². The third kappa shape index (κ3) is 4.72. The van der Waals surface area contributed by atoms with Crippen LogP contribution in [0.5, 0.6) is 23.0 Å². The maximum absolute atomic E-state index is 12.6. The minimum Gasteiger partial charge on any atom is -0.490 e. The lowest BCUT2D eigenvalue weighted by Crippen LogP contribution is -2.38. The zero-order valence-corrected chi connectivity index (χ0v) is 17.4. The summed E-state index contributed by atoms with van der Waals surface area (Å²) in [6.45, 7) is 6.45. The van der Waals surface area contributed by atoms with E-state index in [2.05, 4.69) is 10.6 Å². The van der Waals surface area contributed by atoms with Crippen molar-refractivity contribution in [1.29, 1.82) is 0 Å². The van der Waals surface area contributed by atoms with Crippen molar-refractivity contribution in [3.63, 3.8) is 0 Å². The Kier molecular flexibility index (Phi) is 6.16. The number of carbonyl (C=O) groups is 1. The van der Waals surface area contributed by atoms with E-state index in [4.69, 9.17) is 18.9 Å². The Morgan fingerprint density at radius 1 is 0.700 bits per heavy atom. The van der Waals surface area contributed by atoms with E-state index in [0.717, 1.165) is 47.0 Å². The summed E-state index contributed by atoms with van der Waals surface area (Å²) in [6, 6.07) is 10.9. The first-order chi connectivity index (χ1) is 14.6. The highest BCUT2D eigenvalue weighted by Crippen LogP contribution is 2.33. The number of hydrogen-bond donors (Lipinski definition) is 2.